The average Bonchev–Trinajstić information content (AvgIpc) is 2.31. The molecule has 92 valence electrons. The van der Waals surface area contributed by atoms with Gasteiger partial charge in [0.05, 0.1) is 0 Å². The molecule has 1 aromatic carbocycles. The number of anilines is 1. The van der Waals surface area contributed by atoms with Crippen LogP contribution < -0.4 is 5.32 Å². The van der Waals surface area contributed by atoms with Crippen LogP contribution in [0.2, 0.25) is 0 Å². The Hall–Kier alpha value is -1.84. The van der Waals surface area contributed by atoms with Gasteiger partial charge in [-0.05, 0) is 45.0 Å². The smallest absolute Gasteiger partial charge is 0.321 e. The molecule has 1 N–H and O–H groups in total. The van der Waals surface area contributed by atoms with Crippen LogP contribution in [0.1, 0.15) is 31.1 Å². The zero-order valence-corrected chi connectivity index (χ0v) is 10.5. The van der Waals surface area contributed by atoms with Gasteiger partial charge in [-0.2, -0.15) is 0 Å². The molecule has 0 atom stereocenters. The van der Waals surface area contributed by atoms with E-state index in [0.717, 1.165) is 0 Å². The maximum Gasteiger partial charge on any atom is 0.321 e. The average molecular weight is 234 g/mol. The Kier molecular flexibility index (Phi) is 4.69. The normalized spacial score (nSPS) is 9.82. The second-order valence-electron chi connectivity index (χ2n) is 3.74. The van der Waals surface area contributed by atoms with Gasteiger partial charge in [-0.1, -0.05) is 0 Å². The van der Waals surface area contributed by atoms with E-state index in [4.69, 9.17) is 0 Å². The molecule has 1 rings (SSSR count). The molecule has 0 saturated heterocycles. The van der Waals surface area contributed by atoms with E-state index in [-0.39, 0.29) is 11.8 Å². The fraction of sp³-hybridized carbons (Fsp3) is 0.385. The van der Waals surface area contributed by atoms with Crippen molar-refractivity contribution in [2.75, 3.05) is 18.4 Å². The highest BCUT2D eigenvalue weighted by Crippen LogP contribution is 2.10. The predicted octanol–water partition coefficient (Wildman–Crippen LogP) is 2.76. The molecular formula is C13H18N2O2. The van der Waals surface area contributed by atoms with Crippen molar-refractivity contribution in [2.24, 2.45) is 0 Å². The summed E-state index contributed by atoms with van der Waals surface area (Å²) in [7, 11) is 0. The molecule has 4 heteroatoms. The van der Waals surface area contributed by atoms with Crippen LogP contribution in [0.3, 0.4) is 0 Å². The van der Waals surface area contributed by atoms with Crippen molar-refractivity contribution in [1.82, 2.24) is 4.90 Å². The Morgan fingerprint density at radius 2 is 1.65 bits per heavy atom. The number of urea groups is 1. The first kappa shape index (κ1) is 13.2. The van der Waals surface area contributed by atoms with Crippen molar-refractivity contribution in [2.45, 2.75) is 20.8 Å². The number of rotatable bonds is 4. The van der Waals surface area contributed by atoms with Crippen molar-refractivity contribution in [3.05, 3.63) is 29.8 Å². The molecule has 0 saturated carbocycles. The Labute approximate surface area is 102 Å². The maximum absolute atomic E-state index is 11.7. The van der Waals surface area contributed by atoms with Gasteiger partial charge in [0.2, 0.25) is 0 Å². The largest absolute Gasteiger partial charge is 0.325 e. The number of amides is 2. The van der Waals surface area contributed by atoms with E-state index in [1.54, 1.807) is 29.2 Å². The van der Waals surface area contributed by atoms with Crippen LogP contribution in [0, 0.1) is 0 Å². The Bertz CT molecular complexity index is 394. The molecule has 4 nitrogen and oxygen atoms in total. The summed E-state index contributed by atoms with van der Waals surface area (Å²) in [6, 6.07) is 6.77. The Balaban J connectivity index is 2.69. The third-order valence-corrected chi connectivity index (χ3v) is 2.59. The third kappa shape index (κ3) is 3.59. The van der Waals surface area contributed by atoms with Gasteiger partial charge in [0, 0.05) is 24.3 Å². The molecule has 0 aromatic heterocycles. The molecule has 0 fully saturated rings. The summed E-state index contributed by atoms with van der Waals surface area (Å²) in [5.41, 5.74) is 1.35. The number of Topliss-reactive ketones (excluding diaryl/α,β-unsaturated/α-hetero) is 1. The van der Waals surface area contributed by atoms with E-state index < -0.39 is 0 Å². The molecule has 0 unspecified atom stereocenters. The van der Waals surface area contributed by atoms with Crippen LogP contribution in [0.4, 0.5) is 10.5 Å². The summed E-state index contributed by atoms with van der Waals surface area (Å²) >= 11 is 0. The summed E-state index contributed by atoms with van der Waals surface area (Å²) in [4.78, 5) is 24.5. The second kappa shape index (κ2) is 6.03. The molecule has 0 spiro atoms. The number of nitrogens with zero attached hydrogens (tertiary/aromatic N) is 1. The monoisotopic (exact) mass is 234 g/mol. The van der Waals surface area contributed by atoms with Crippen LogP contribution >= 0.6 is 0 Å². The fourth-order valence-electron chi connectivity index (χ4n) is 1.50. The van der Waals surface area contributed by atoms with Crippen molar-refractivity contribution in [1.29, 1.82) is 0 Å². The Morgan fingerprint density at radius 3 is 2.06 bits per heavy atom. The summed E-state index contributed by atoms with van der Waals surface area (Å²) in [6.07, 6.45) is 0. The van der Waals surface area contributed by atoms with Crippen molar-refractivity contribution in [3.63, 3.8) is 0 Å². The number of nitrogens with one attached hydrogen (secondary N) is 1. The molecule has 0 radical (unpaired) electrons. The lowest BCUT2D eigenvalue weighted by atomic mass is 10.1. The molecule has 0 bridgehead atoms. The van der Waals surface area contributed by atoms with Crippen molar-refractivity contribution >= 4 is 17.5 Å². The van der Waals surface area contributed by atoms with Gasteiger partial charge in [-0.3, -0.25) is 4.79 Å². The number of hydrogen-bond acceptors (Lipinski definition) is 2. The van der Waals surface area contributed by atoms with E-state index in [1.165, 1.54) is 6.92 Å². The first-order valence-corrected chi connectivity index (χ1v) is 5.75. The third-order valence-electron chi connectivity index (χ3n) is 2.59. The summed E-state index contributed by atoms with van der Waals surface area (Å²) in [5.74, 6) is 0.0200. The SMILES string of the molecule is CCN(CC)C(=O)Nc1ccc(C(C)=O)cc1. The minimum absolute atomic E-state index is 0.0200. The van der Waals surface area contributed by atoms with Crippen LogP contribution in [-0.4, -0.2) is 29.8 Å². The molecule has 0 heterocycles. The van der Waals surface area contributed by atoms with E-state index in [0.29, 0.717) is 24.3 Å². The summed E-state index contributed by atoms with van der Waals surface area (Å²) < 4.78 is 0. The number of carbonyl (C=O) groups excluding carboxylic acids is 2. The summed E-state index contributed by atoms with van der Waals surface area (Å²) in [6.45, 7) is 6.73. The minimum Gasteiger partial charge on any atom is -0.325 e. The van der Waals surface area contributed by atoms with Crippen LogP contribution in [-0.2, 0) is 0 Å². The molecule has 0 aliphatic heterocycles. The number of ketones is 1. The quantitative estimate of drug-likeness (QED) is 0.814. The number of hydrogen-bond donors (Lipinski definition) is 1. The van der Waals surface area contributed by atoms with Crippen LogP contribution in [0.25, 0.3) is 0 Å². The van der Waals surface area contributed by atoms with E-state index in [1.807, 2.05) is 13.8 Å². The first-order valence-electron chi connectivity index (χ1n) is 5.75. The number of benzene rings is 1. The molecule has 17 heavy (non-hydrogen) atoms. The van der Waals surface area contributed by atoms with Gasteiger partial charge in [0.15, 0.2) is 5.78 Å². The van der Waals surface area contributed by atoms with E-state index in [2.05, 4.69) is 5.32 Å². The zero-order valence-electron chi connectivity index (χ0n) is 10.5. The minimum atomic E-state index is -0.120. The van der Waals surface area contributed by atoms with Gasteiger partial charge >= 0.3 is 6.03 Å². The zero-order chi connectivity index (χ0) is 12.8. The topological polar surface area (TPSA) is 49.4 Å². The van der Waals surface area contributed by atoms with Gasteiger partial charge < -0.3 is 10.2 Å². The van der Waals surface area contributed by atoms with Crippen LogP contribution in [0.15, 0.2) is 24.3 Å². The van der Waals surface area contributed by atoms with Gasteiger partial charge in [0.1, 0.15) is 0 Å². The Morgan fingerprint density at radius 1 is 1.12 bits per heavy atom. The van der Waals surface area contributed by atoms with Gasteiger partial charge in [-0.15, -0.1) is 0 Å². The lowest BCUT2D eigenvalue weighted by molar-refractivity contribution is 0.101. The molecule has 0 aliphatic carbocycles. The van der Waals surface area contributed by atoms with E-state index >= 15 is 0 Å². The standard InChI is InChI=1S/C13H18N2O2/c1-4-15(5-2)13(17)14-12-8-6-11(7-9-12)10(3)16/h6-9H,4-5H2,1-3H3,(H,14,17). The maximum atomic E-state index is 11.7. The molecule has 2 amide bonds. The first-order chi connectivity index (χ1) is 8.08. The highest BCUT2D eigenvalue weighted by molar-refractivity contribution is 5.95. The highest BCUT2D eigenvalue weighted by Gasteiger charge is 2.09. The predicted molar refractivity (Wildman–Crippen MR) is 68.4 cm³/mol. The van der Waals surface area contributed by atoms with Crippen LogP contribution in [0.5, 0.6) is 0 Å². The molecule has 1 aromatic rings. The van der Waals surface area contributed by atoms with E-state index in [9.17, 15) is 9.59 Å². The lowest BCUT2D eigenvalue weighted by Gasteiger charge is -2.19. The molecular weight excluding hydrogens is 216 g/mol. The second-order valence-corrected chi connectivity index (χ2v) is 3.74. The van der Waals surface area contributed by atoms with Crippen molar-refractivity contribution < 1.29 is 9.59 Å². The lowest BCUT2D eigenvalue weighted by Crippen LogP contribution is -2.34. The highest BCUT2D eigenvalue weighted by atomic mass is 16.2. The van der Waals surface area contributed by atoms with Crippen molar-refractivity contribution in [3.8, 4) is 0 Å². The molecule has 0 aliphatic rings. The number of carbonyl (C=O) groups is 2. The van der Waals surface area contributed by atoms with Gasteiger partial charge in [-0.25, -0.2) is 4.79 Å². The van der Waals surface area contributed by atoms with Gasteiger partial charge in [0.25, 0.3) is 0 Å². The fourth-order valence-corrected chi connectivity index (χ4v) is 1.50. The summed E-state index contributed by atoms with van der Waals surface area (Å²) in [5, 5.41) is 2.79.